The van der Waals surface area contributed by atoms with Gasteiger partial charge in [-0.2, -0.15) is 26.3 Å². The van der Waals surface area contributed by atoms with Crippen LogP contribution >= 0.6 is 0 Å². The number of nitrogens with one attached hydrogen (secondary N) is 4. The summed E-state index contributed by atoms with van der Waals surface area (Å²) in [7, 11) is 0. The van der Waals surface area contributed by atoms with Crippen LogP contribution in [0.3, 0.4) is 0 Å². The normalized spacial score (nSPS) is 21.4. The summed E-state index contributed by atoms with van der Waals surface area (Å²) >= 11 is 0. The maximum Gasteiger partial charge on any atom is 0.391 e. The van der Waals surface area contributed by atoms with E-state index in [4.69, 9.17) is 37.9 Å². The van der Waals surface area contributed by atoms with Crippen LogP contribution in [0.2, 0.25) is 0 Å². The van der Waals surface area contributed by atoms with Gasteiger partial charge in [-0.05, 0) is 188 Å². The average Bonchev–Trinajstić information content (AvgIpc) is 1.65. The van der Waals surface area contributed by atoms with Gasteiger partial charge in [-0.25, -0.2) is 0 Å². The highest BCUT2D eigenvalue weighted by atomic mass is 19.4. The number of aryl methyl sites for hydroxylation is 4. The molecule has 124 heavy (non-hydrogen) atoms. The minimum absolute atomic E-state index is 0.000872. The van der Waals surface area contributed by atoms with Crippen molar-refractivity contribution in [2.45, 2.75) is 165 Å². The minimum atomic E-state index is -5.26. The number of halogens is 6. The van der Waals surface area contributed by atoms with Crippen molar-refractivity contribution in [3.8, 4) is 46.0 Å². The van der Waals surface area contributed by atoms with Crippen LogP contribution in [-0.2, 0) is 28.5 Å². The Morgan fingerprint density at radius 1 is 0.403 bits per heavy atom. The van der Waals surface area contributed by atoms with Crippen LogP contribution in [0.5, 0.6) is 46.0 Å². The van der Waals surface area contributed by atoms with Crippen molar-refractivity contribution in [2.24, 2.45) is 0 Å². The van der Waals surface area contributed by atoms with Gasteiger partial charge in [-0.1, -0.05) is 82.9 Å². The van der Waals surface area contributed by atoms with Gasteiger partial charge in [0.15, 0.2) is 0 Å². The molecule has 0 aromatic heterocycles. The van der Waals surface area contributed by atoms with Crippen molar-refractivity contribution in [1.29, 1.82) is 0 Å². The number of nitrogens with zero attached hydrogens (tertiary/aromatic N) is 4. The molecule has 19 rings (SSSR count). The summed E-state index contributed by atoms with van der Waals surface area (Å²) in [5.74, 6) is -7.97. The quantitative estimate of drug-likeness (QED) is 0.0107. The second-order valence-electron chi connectivity index (χ2n) is 33.9. The van der Waals surface area contributed by atoms with Gasteiger partial charge in [0.25, 0.3) is 29.5 Å². The number of carbonyl (C=O) groups excluding carboxylic acids is 6. The summed E-state index contributed by atoms with van der Waals surface area (Å²) in [6.45, 7) is 11.3. The zero-order valence-electron chi connectivity index (χ0n) is 68.4. The summed E-state index contributed by atoms with van der Waals surface area (Å²) in [5.41, 5.74) is 2.64. The van der Waals surface area contributed by atoms with Gasteiger partial charge in [0.05, 0.1) is 97.3 Å². The topological polar surface area (TPSA) is 251 Å². The van der Waals surface area contributed by atoms with E-state index in [0.717, 1.165) is 40.0 Å². The monoisotopic (exact) mass is 1690 g/mol. The molecule has 0 bridgehead atoms. The molecule has 22 nitrogen and oxygen atoms in total. The van der Waals surface area contributed by atoms with Gasteiger partial charge < -0.3 is 64.1 Å². The van der Waals surface area contributed by atoms with E-state index in [1.165, 1.54) is 36.4 Å². The van der Waals surface area contributed by atoms with Crippen LogP contribution in [0.15, 0.2) is 170 Å². The fraction of sp³-hybridized carbons (Fsp3) is 0.354. The predicted molar refractivity (Wildman–Crippen MR) is 453 cm³/mol. The van der Waals surface area contributed by atoms with Crippen LogP contribution in [0.4, 0.5) is 49.1 Å². The Hall–Kier alpha value is -11.9. The number of amides is 6. The third-order valence-corrected chi connectivity index (χ3v) is 24.7. The zero-order valence-corrected chi connectivity index (χ0v) is 68.4. The molecule has 8 aliphatic rings. The molecule has 2 saturated carbocycles. The number of anilines is 4. The van der Waals surface area contributed by atoms with E-state index in [-0.39, 0.29) is 148 Å². The molecule has 6 heterocycles. The lowest BCUT2D eigenvalue weighted by Crippen LogP contribution is -2.61. The third kappa shape index (κ3) is 16.9. The van der Waals surface area contributed by atoms with Crippen molar-refractivity contribution in [2.75, 3.05) is 68.1 Å². The minimum Gasteiger partial charge on any atom is -0.457 e. The molecule has 6 fully saturated rings. The van der Waals surface area contributed by atoms with Gasteiger partial charge in [-0.15, -0.1) is 0 Å². The second-order valence-corrected chi connectivity index (χ2v) is 33.9. The highest BCUT2D eigenvalue weighted by molar-refractivity contribution is 6.45. The first-order valence-electron chi connectivity index (χ1n) is 42.3. The molecule has 4 N–H and O–H groups in total. The van der Waals surface area contributed by atoms with Crippen molar-refractivity contribution in [1.82, 2.24) is 25.3 Å². The van der Waals surface area contributed by atoms with Gasteiger partial charge in [-0.3, -0.25) is 43.5 Å². The van der Waals surface area contributed by atoms with Gasteiger partial charge in [0.2, 0.25) is 5.91 Å². The van der Waals surface area contributed by atoms with E-state index in [9.17, 15) is 0 Å². The van der Waals surface area contributed by atoms with Crippen molar-refractivity contribution < 1.29 is 93.0 Å². The number of benzene rings is 11. The Kier molecular flexibility index (Phi) is 21.7. The molecule has 4 saturated heterocycles. The van der Waals surface area contributed by atoms with Crippen LogP contribution < -0.4 is 45.1 Å². The lowest BCUT2D eigenvalue weighted by atomic mass is 9.80. The summed E-state index contributed by atoms with van der Waals surface area (Å²) in [4.78, 5) is 104. The number of fused-ring (bicyclic) bond motifs is 2. The van der Waals surface area contributed by atoms with Crippen molar-refractivity contribution in [3.63, 3.8) is 0 Å². The predicted octanol–water partition coefficient (Wildman–Crippen LogP) is 18.4. The van der Waals surface area contributed by atoms with Crippen LogP contribution in [0.1, 0.15) is 128 Å². The molecule has 6 amide bonds. The molecule has 2 aliphatic carbocycles. The average molecular weight is 1690 g/mol. The first-order chi connectivity index (χ1) is 59.8. The fourth-order valence-electron chi connectivity index (χ4n) is 18.3. The van der Waals surface area contributed by atoms with E-state index in [0.29, 0.717) is 112 Å². The van der Waals surface area contributed by atoms with E-state index in [1.807, 2.05) is 27.7 Å². The summed E-state index contributed by atoms with van der Waals surface area (Å²) in [6.07, 6.45) is -10.4. The lowest BCUT2D eigenvalue weighted by Gasteiger charge is -2.47. The highest BCUT2D eigenvalue weighted by Crippen LogP contribution is 2.59. The molecule has 10 unspecified atom stereocenters. The number of alkyl halides is 6. The number of hydrogen-bond acceptors (Lipinski definition) is 18. The second kappa shape index (κ2) is 33.0. The zero-order chi connectivity index (χ0) is 85.7. The van der Waals surface area contributed by atoms with Gasteiger partial charge >= 0.3 is 12.4 Å². The number of carbonyl (C=O) groups is 6. The highest BCUT2D eigenvalue weighted by Gasteiger charge is 2.53. The Bertz CT molecular complexity index is 5700. The van der Waals surface area contributed by atoms with Crippen molar-refractivity contribution >= 4 is 101 Å². The molecular formula is C96H90F6N8O14. The number of epoxide rings is 4. The maximum absolute atomic E-state index is 16.9. The largest absolute Gasteiger partial charge is 0.457 e. The van der Waals surface area contributed by atoms with E-state index in [2.05, 4.69) is 21.3 Å². The Labute approximate surface area is 709 Å². The van der Waals surface area contributed by atoms with Crippen molar-refractivity contribution in [3.05, 3.63) is 214 Å². The molecule has 0 spiro atoms. The lowest BCUT2D eigenvalue weighted by molar-refractivity contribution is -0.163. The van der Waals surface area contributed by atoms with E-state index in [1.54, 1.807) is 138 Å². The summed E-state index contributed by atoms with van der Waals surface area (Å²) < 4.78 is 148. The summed E-state index contributed by atoms with van der Waals surface area (Å²) in [6, 6.07) is 38.4. The third-order valence-electron chi connectivity index (χ3n) is 24.7. The van der Waals surface area contributed by atoms with Gasteiger partial charge in [0.1, 0.15) is 58.1 Å². The van der Waals surface area contributed by atoms with Gasteiger partial charge in [0, 0.05) is 105 Å². The van der Waals surface area contributed by atoms with E-state index >= 15 is 55.1 Å². The molecule has 28 heteroatoms. The number of ether oxygens (including phenoxy) is 8. The van der Waals surface area contributed by atoms with Crippen LogP contribution in [0.25, 0.3) is 43.1 Å². The fourth-order valence-corrected chi connectivity index (χ4v) is 18.3. The molecular weight excluding hydrogens is 1600 g/mol. The Morgan fingerprint density at radius 2 is 0.710 bits per heavy atom. The summed E-state index contributed by atoms with van der Waals surface area (Å²) in [5, 5.41) is 13.4. The maximum atomic E-state index is 16.9. The number of imide groups is 2. The SMILES string of the molecule is Cc1ccc(Oc2cc3c4c(cc(Oc5ccc(C)cc5)c5c6c(Oc7ccc(C)cc7)cc7c8c(cc(Oc9ccc(C)cc9)c(c2c45)c86)C(=O)N(C(CC(F)(F)F)C(=O)N(C2CCCC(NCC4CO4)C2)C2CCCC(NCC4CO4)C2)C7=O)C(=O)N(C(CC(F)(F)F)C(=O)N(c2cccc(NCC4CO4)c2)c2cccc(NCC4CO4)c2)C3=O)cc1. The molecule has 11 aromatic rings. The molecule has 11 aromatic carbocycles. The smallest absolute Gasteiger partial charge is 0.391 e. The number of hydrogen-bond donors (Lipinski definition) is 4. The Balaban J connectivity index is 0.858. The molecule has 640 valence electrons. The Morgan fingerprint density at radius 3 is 1.02 bits per heavy atom. The molecule has 10 atom stereocenters. The number of rotatable bonds is 30. The van der Waals surface area contributed by atoms with E-state index < -0.39 is 95.9 Å². The first-order valence-corrected chi connectivity index (χ1v) is 42.3. The standard InChI is InChI=1S/C96H90F6N8O14/c1-51-17-25-63(26-18-51)121-77-37-71-81-72(90(112)109(89(71)111)75(41-95(97,98)99)93(115)107(59-13-5-9-55(33-59)103-43-67-47-117-67)60-14-6-10-56(34-60)104-44-68-48-118-68)39-79(123-65-29-21-53(3)22-30-65)85-86-80(124-66-31-23-54(4)24-32-66)40-74-82-73(38-78(84(88(82)86)83(77)87(81)85)122-64-27-19-52(2)20-28-64)91(113)110(92(74)114)76(42-96(100,101)102)94(116)108(61-15-7-11-57(35-61)105-45-69-49-119-69)62-16-8-12-58(36-62)106-46-70-50-120-70/h5-6,9-10,13-14,17-34,37-40,57-58,61-62,67-70,75-76,103-106H,7-8,11-12,15-16,35-36,41-50H2,1-4H3. The molecule has 6 aliphatic heterocycles. The van der Waals surface area contributed by atoms with Crippen LogP contribution in [0, 0.1) is 27.7 Å². The first kappa shape index (κ1) is 81.7. The van der Waals surface area contributed by atoms with Crippen LogP contribution in [-0.4, -0.2) is 176 Å². The molecule has 0 radical (unpaired) electrons.